The molecule has 1 heterocycles. The fourth-order valence-corrected chi connectivity index (χ4v) is 2.94. The van der Waals surface area contributed by atoms with E-state index in [0.29, 0.717) is 6.42 Å². The molecule has 4 nitrogen and oxygen atoms in total. The van der Waals surface area contributed by atoms with Crippen LogP contribution in [-0.2, 0) is 5.60 Å². The Morgan fingerprint density at radius 3 is 2.74 bits per heavy atom. The van der Waals surface area contributed by atoms with Crippen LogP contribution in [0.25, 0.3) is 0 Å². The number of rotatable bonds is 2. The fourth-order valence-electron chi connectivity index (χ4n) is 2.94. The molecular weight excluding hydrogens is 245 g/mol. The summed E-state index contributed by atoms with van der Waals surface area (Å²) in [5.41, 5.74) is -0.256. The van der Waals surface area contributed by atoms with Gasteiger partial charge in [-0.1, -0.05) is 25.0 Å². The van der Waals surface area contributed by atoms with Crippen LogP contribution >= 0.6 is 0 Å². The van der Waals surface area contributed by atoms with Gasteiger partial charge in [0.1, 0.15) is 24.1 Å². The first kappa shape index (κ1) is 12.3. The lowest BCUT2D eigenvalue weighted by molar-refractivity contribution is -0.0517. The van der Waals surface area contributed by atoms with E-state index in [4.69, 9.17) is 0 Å². The first-order valence-corrected chi connectivity index (χ1v) is 6.53. The molecule has 1 N–H and O–H groups in total. The molecule has 2 atom stereocenters. The molecule has 1 aliphatic rings. The second kappa shape index (κ2) is 4.74. The van der Waals surface area contributed by atoms with Crippen LogP contribution in [0.4, 0.5) is 4.39 Å². The molecule has 1 aromatic carbocycles. The van der Waals surface area contributed by atoms with Crippen molar-refractivity contribution >= 4 is 0 Å². The molecule has 19 heavy (non-hydrogen) atoms. The Morgan fingerprint density at radius 1 is 1.26 bits per heavy atom. The van der Waals surface area contributed by atoms with E-state index in [1.165, 1.54) is 18.5 Å². The highest BCUT2D eigenvalue weighted by atomic mass is 19.1. The van der Waals surface area contributed by atoms with Crippen molar-refractivity contribution in [1.29, 1.82) is 0 Å². The fraction of sp³-hybridized carbons (Fsp3) is 0.429. The standard InChI is InChI=1S/C14H16FN3O/c15-12-6-4-11(5-7-12)14(19)8-2-1-3-13(14)18-10-16-9-17-18/h4-7,9-10,13,19H,1-3,8H2/t13-,14-/m0/s1. The van der Waals surface area contributed by atoms with Crippen molar-refractivity contribution in [3.8, 4) is 0 Å². The molecule has 1 aromatic heterocycles. The summed E-state index contributed by atoms with van der Waals surface area (Å²) in [7, 11) is 0. The van der Waals surface area contributed by atoms with Crippen molar-refractivity contribution in [1.82, 2.24) is 14.8 Å². The molecule has 0 amide bonds. The van der Waals surface area contributed by atoms with Gasteiger partial charge < -0.3 is 5.11 Å². The summed E-state index contributed by atoms with van der Waals surface area (Å²) < 4.78 is 14.8. The van der Waals surface area contributed by atoms with E-state index in [-0.39, 0.29) is 11.9 Å². The maximum absolute atomic E-state index is 13.0. The van der Waals surface area contributed by atoms with E-state index in [1.807, 2.05) is 0 Å². The summed E-state index contributed by atoms with van der Waals surface area (Å²) >= 11 is 0. The maximum atomic E-state index is 13.0. The molecule has 2 aromatic rings. The average molecular weight is 261 g/mol. The Labute approximate surface area is 110 Å². The largest absolute Gasteiger partial charge is 0.383 e. The second-order valence-corrected chi connectivity index (χ2v) is 5.07. The Bertz CT molecular complexity index is 540. The van der Waals surface area contributed by atoms with Crippen molar-refractivity contribution in [2.45, 2.75) is 37.3 Å². The molecule has 0 spiro atoms. The second-order valence-electron chi connectivity index (χ2n) is 5.07. The average Bonchev–Trinajstić information content (AvgIpc) is 2.93. The molecular formula is C14H16FN3O. The zero-order chi connectivity index (χ0) is 13.3. The summed E-state index contributed by atoms with van der Waals surface area (Å²) in [5, 5.41) is 15.2. The van der Waals surface area contributed by atoms with Crippen molar-refractivity contribution in [2.75, 3.05) is 0 Å². The third-order valence-electron chi connectivity index (χ3n) is 3.94. The van der Waals surface area contributed by atoms with Crippen LogP contribution in [-0.4, -0.2) is 19.9 Å². The molecule has 0 bridgehead atoms. The maximum Gasteiger partial charge on any atom is 0.137 e. The minimum atomic E-state index is -1.00. The van der Waals surface area contributed by atoms with E-state index in [0.717, 1.165) is 24.8 Å². The van der Waals surface area contributed by atoms with Crippen LogP contribution in [0.15, 0.2) is 36.9 Å². The topological polar surface area (TPSA) is 50.9 Å². The lowest BCUT2D eigenvalue weighted by Gasteiger charge is -2.40. The van der Waals surface area contributed by atoms with Crippen molar-refractivity contribution in [3.05, 3.63) is 48.3 Å². The summed E-state index contributed by atoms with van der Waals surface area (Å²) in [6, 6.07) is 5.95. The van der Waals surface area contributed by atoms with E-state index in [1.54, 1.807) is 23.1 Å². The predicted octanol–water partition coefficient (Wildman–Crippen LogP) is 2.42. The summed E-state index contributed by atoms with van der Waals surface area (Å²) in [5.74, 6) is -0.291. The third-order valence-corrected chi connectivity index (χ3v) is 3.94. The van der Waals surface area contributed by atoms with Gasteiger partial charge in [-0.15, -0.1) is 0 Å². The number of hydrogen-bond donors (Lipinski definition) is 1. The van der Waals surface area contributed by atoms with Gasteiger partial charge in [-0.05, 0) is 30.5 Å². The minimum absolute atomic E-state index is 0.144. The van der Waals surface area contributed by atoms with Crippen LogP contribution in [0.3, 0.4) is 0 Å². The van der Waals surface area contributed by atoms with Crippen LogP contribution in [0.2, 0.25) is 0 Å². The van der Waals surface area contributed by atoms with E-state index in [2.05, 4.69) is 10.1 Å². The molecule has 1 fully saturated rings. The number of hydrogen-bond acceptors (Lipinski definition) is 3. The Balaban J connectivity index is 2.00. The van der Waals surface area contributed by atoms with Crippen LogP contribution < -0.4 is 0 Å². The van der Waals surface area contributed by atoms with Gasteiger partial charge in [0.05, 0.1) is 6.04 Å². The van der Waals surface area contributed by atoms with E-state index < -0.39 is 5.60 Å². The van der Waals surface area contributed by atoms with E-state index in [9.17, 15) is 9.50 Å². The first-order chi connectivity index (χ1) is 9.20. The third kappa shape index (κ3) is 2.14. The van der Waals surface area contributed by atoms with Crippen molar-refractivity contribution in [3.63, 3.8) is 0 Å². The van der Waals surface area contributed by atoms with Gasteiger partial charge >= 0.3 is 0 Å². The highest BCUT2D eigenvalue weighted by molar-refractivity contribution is 5.25. The number of aromatic nitrogens is 3. The van der Waals surface area contributed by atoms with Crippen LogP contribution in [0.5, 0.6) is 0 Å². The smallest absolute Gasteiger partial charge is 0.137 e. The Kier molecular flexibility index (Phi) is 3.06. The van der Waals surface area contributed by atoms with Gasteiger partial charge in [0, 0.05) is 0 Å². The summed E-state index contributed by atoms with van der Waals surface area (Å²) in [6.07, 6.45) is 6.61. The number of aliphatic hydroxyl groups is 1. The molecule has 3 rings (SSSR count). The SMILES string of the molecule is O[C@]1(c2ccc(F)cc2)CCCC[C@@H]1n1cncn1. The lowest BCUT2D eigenvalue weighted by atomic mass is 9.76. The van der Waals surface area contributed by atoms with Gasteiger partial charge in [0.15, 0.2) is 0 Å². The molecule has 5 heteroatoms. The van der Waals surface area contributed by atoms with Crippen LogP contribution in [0.1, 0.15) is 37.3 Å². The molecule has 0 unspecified atom stereocenters. The Hall–Kier alpha value is -1.75. The van der Waals surface area contributed by atoms with Crippen molar-refractivity contribution < 1.29 is 9.50 Å². The number of nitrogens with zero attached hydrogens (tertiary/aromatic N) is 3. The van der Waals surface area contributed by atoms with Gasteiger partial charge in [0.2, 0.25) is 0 Å². The molecule has 0 saturated heterocycles. The predicted molar refractivity (Wildman–Crippen MR) is 67.8 cm³/mol. The normalized spacial score (nSPS) is 27.4. The summed E-state index contributed by atoms with van der Waals surface area (Å²) in [4.78, 5) is 3.95. The summed E-state index contributed by atoms with van der Waals surface area (Å²) in [6.45, 7) is 0. The van der Waals surface area contributed by atoms with Crippen LogP contribution in [0, 0.1) is 5.82 Å². The quantitative estimate of drug-likeness (QED) is 0.903. The van der Waals surface area contributed by atoms with Gasteiger partial charge in [-0.25, -0.2) is 14.1 Å². The molecule has 0 radical (unpaired) electrons. The van der Waals surface area contributed by atoms with Gasteiger partial charge in [-0.2, -0.15) is 5.10 Å². The first-order valence-electron chi connectivity index (χ1n) is 6.53. The van der Waals surface area contributed by atoms with Gasteiger partial charge in [0.25, 0.3) is 0 Å². The monoisotopic (exact) mass is 261 g/mol. The minimum Gasteiger partial charge on any atom is -0.383 e. The number of halogens is 1. The molecule has 100 valence electrons. The number of benzene rings is 1. The molecule has 1 aliphatic carbocycles. The molecule has 0 aliphatic heterocycles. The van der Waals surface area contributed by atoms with Crippen molar-refractivity contribution in [2.24, 2.45) is 0 Å². The molecule has 1 saturated carbocycles. The zero-order valence-corrected chi connectivity index (χ0v) is 10.5. The van der Waals surface area contributed by atoms with Gasteiger partial charge in [-0.3, -0.25) is 0 Å². The Morgan fingerprint density at radius 2 is 2.05 bits per heavy atom. The lowest BCUT2D eigenvalue weighted by Crippen LogP contribution is -2.39. The highest BCUT2D eigenvalue weighted by Crippen LogP contribution is 2.44. The van der Waals surface area contributed by atoms with E-state index >= 15 is 0 Å². The zero-order valence-electron chi connectivity index (χ0n) is 10.5. The highest BCUT2D eigenvalue weighted by Gasteiger charge is 2.42.